The van der Waals surface area contributed by atoms with Gasteiger partial charge in [-0.2, -0.15) is 0 Å². The van der Waals surface area contributed by atoms with Gasteiger partial charge >= 0.3 is 0 Å². The number of ether oxygens (including phenoxy) is 1. The van der Waals surface area contributed by atoms with Crippen molar-refractivity contribution in [2.75, 3.05) is 33.1 Å². The Morgan fingerprint density at radius 2 is 1.75 bits per heavy atom. The van der Waals surface area contributed by atoms with Gasteiger partial charge in [-0.3, -0.25) is 4.79 Å². The molecule has 5 heteroatoms. The highest BCUT2D eigenvalue weighted by molar-refractivity contribution is 6.35. The number of aromatic nitrogens is 1. The first-order valence-electron chi connectivity index (χ1n) is 11.0. The molecule has 1 amide bonds. The van der Waals surface area contributed by atoms with Crippen LogP contribution in [-0.4, -0.2) is 43.5 Å². The van der Waals surface area contributed by atoms with Crippen LogP contribution in [0.25, 0.3) is 22.8 Å². The number of hydrogen-bond donors (Lipinski definition) is 2. The molecule has 2 heterocycles. The van der Waals surface area contributed by atoms with Crippen LogP contribution in [0.2, 0.25) is 0 Å². The van der Waals surface area contributed by atoms with E-state index >= 15 is 0 Å². The molecular formula is C27H31N3O2. The molecule has 0 bridgehead atoms. The fourth-order valence-electron chi connectivity index (χ4n) is 4.35. The Balaban J connectivity index is 1.62. The fraction of sp³-hybridized carbons (Fsp3) is 0.296. The first-order chi connectivity index (χ1) is 15.4. The number of benzene rings is 2. The topological polar surface area (TPSA) is 57.4 Å². The van der Waals surface area contributed by atoms with Crippen molar-refractivity contribution >= 4 is 23.2 Å². The predicted molar refractivity (Wildman–Crippen MR) is 132 cm³/mol. The molecule has 0 saturated heterocycles. The Morgan fingerprint density at radius 3 is 2.44 bits per heavy atom. The maximum Gasteiger partial charge on any atom is 0.256 e. The molecular weight excluding hydrogens is 398 g/mol. The molecule has 2 aromatic carbocycles. The molecule has 1 aliphatic rings. The third kappa shape index (κ3) is 4.34. The third-order valence-corrected chi connectivity index (χ3v) is 6.18. The van der Waals surface area contributed by atoms with Crippen LogP contribution < -0.4 is 10.1 Å². The molecule has 0 saturated carbocycles. The number of methoxy groups -OCH3 is 1. The second-order valence-electron chi connectivity index (χ2n) is 8.68. The van der Waals surface area contributed by atoms with Crippen LogP contribution in [0.4, 0.5) is 5.69 Å². The van der Waals surface area contributed by atoms with Gasteiger partial charge in [0.15, 0.2) is 0 Å². The van der Waals surface area contributed by atoms with E-state index in [9.17, 15) is 4.79 Å². The summed E-state index contributed by atoms with van der Waals surface area (Å²) in [6.07, 6.45) is 4.13. The smallest absolute Gasteiger partial charge is 0.256 e. The number of anilines is 1. The maximum absolute atomic E-state index is 12.8. The normalized spacial score (nSPS) is 14.2. The average molecular weight is 430 g/mol. The van der Waals surface area contributed by atoms with Gasteiger partial charge in [0.05, 0.1) is 12.7 Å². The number of aromatic amines is 1. The molecule has 0 unspecified atom stereocenters. The number of carbonyl (C=O) groups is 1. The summed E-state index contributed by atoms with van der Waals surface area (Å²) < 4.78 is 5.25. The van der Waals surface area contributed by atoms with Gasteiger partial charge in [-0.1, -0.05) is 24.3 Å². The summed E-state index contributed by atoms with van der Waals surface area (Å²) >= 11 is 0. The number of H-pyrrole nitrogens is 1. The van der Waals surface area contributed by atoms with E-state index in [1.54, 1.807) is 7.11 Å². The summed E-state index contributed by atoms with van der Waals surface area (Å²) in [5.41, 5.74) is 9.40. The van der Waals surface area contributed by atoms with Gasteiger partial charge in [-0.05, 0) is 93.9 Å². The van der Waals surface area contributed by atoms with Gasteiger partial charge in [0.1, 0.15) is 5.75 Å². The van der Waals surface area contributed by atoms with Crippen LogP contribution in [0, 0.1) is 13.8 Å². The monoisotopic (exact) mass is 429 g/mol. The van der Waals surface area contributed by atoms with Crippen LogP contribution in [0.5, 0.6) is 5.75 Å². The van der Waals surface area contributed by atoms with Gasteiger partial charge in [0.2, 0.25) is 0 Å². The Labute approximate surface area is 190 Å². The Hall–Kier alpha value is -3.31. The highest BCUT2D eigenvalue weighted by Crippen LogP contribution is 2.37. The minimum atomic E-state index is -0.0623. The summed E-state index contributed by atoms with van der Waals surface area (Å²) in [5.74, 6) is 0.763. The van der Waals surface area contributed by atoms with Gasteiger partial charge in [-0.25, -0.2) is 0 Å². The van der Waals surface area contributed by atoms with Gasteiger partial charge in [0, 0.05) is 22.6 Å². The van der Waals surface area contributed by atoms with Crippen molar-refractivity contribution in [1.82, 2.24) is 9.88 Å². The van der Waals surface area contributed by atoms with E-state index in [1.807, 2.05) is 42.5 Å². The molecule has 32 heavy (non-hydrogen) atoms. The van der Waals surface area contributed by atoms with Crippen molar-refractivity contribution in [2.45, 2.75) is 26.7 Å². The number of amides is 1. The molecule has 0 radical (unpaired) electrons. The minimum Gasteiger partial charge on any atom is -0.497 e. The SMILES string of the molecule is COc1ccc(-c2ccc3c(c2)NC(=O)C3=Cc2[nH]c(C)c(CCCN(C)C)c2C)cc1. The van der Waals surface area contributed by atoms with Crippen molar-refractivity contribution in [3.05, 3.63) is 70.5 Å². The Bertz CT molecular complexity index is 1170. The zero-order valence-electron chi connectivity index (χ0n) is 19.5. The summed E-state index contributed by atoms with van der Waals surface area (Å²) in [6, 6.07) is 14.1. The lowest BCUT2D eigenvalue weighted by atomic mass is 9.99. The van der Waals surface area contributed by atoms with E-state index in [2.05, 4.69) is 49.2 Å². The molecule has 1 aliphatic heterocycles. The van der Waals surface area contributed by atoms with Crippen molar-refractivity contribution in [3.8, 4) is 16.9 Å². The molecule has 166 valence electrons. The van der Waals surface area contributed by atoms with Crippen LogP contribution >= 0.6 is 0 Å². The number of carbonyl (C=O) groups excluding carboxylic acids is 1. The number of nitrogens with zero attached hydrogens (tertiary/aromatic N) is 1. The number of rotatable bonds is 7. The molecule has 0 atom stereocenters. The second-order valence-corrected chi connectivity index (χ2v) is 8.68. The van der Waals surface area contributed by atoms with E-state index in [1.165, 1.54) is 16.8 Å². The molecule has 0 spiro atoms. The van der Waals surface area contributed by atoms with Crippen LogP contribution in [-0.2, 0) is 11.2 Å². The number of aryl methyl sites for hydroxylation is 1. The van der Waals surface area contributed by atoms with Gasteiger partial charge < -0.3 is 19.9 Å². The van der Waals surface area contributed by atoms with Crippen molar-refractivity contribution in [1.29, 1.82) is 0 Å². The van der Waals surface area contributed by atoms with E-state index in [0.29, 0.717) is 5.57 Å². The lowest BCUT2D eigenvalue weighted by Gasteiger charge is -2.09. The standard InChI is InChI=1S/C27H31N3O2/c1-17-22(7-6-14-30(3)4)18(2)28-25(17)16-24-23-13-10-20(15-26(23)29-27(24)31)19-8-11-21(32-5)12-9-19/h8-13,15-16,28H,6-7,14H2,1-5H3,(H,29,31). The lowest BCUT2D eigenvalue weighted by Crippen LogP contribution is -2.13. The van der Waals surface area contributed by atoms with E-state index in [0.717, 1.165) is 53.2 Å². The number of fused-ring (bicyclic) bond motifs is 1. The minimum absolute atomic E-state index is 0.0623. The Morgan fingerprint density at radius 1 is 1.03 bits per heavy atom. The molecule has 1 aromatic heterocycles. The molecule has 0 aliphatic carbocycles. The fourth-order valence-corrected chi connectivity index (χ4v) is 4.35. The third-order valence-electron chi connectivity index (χ3n) is 6.18. The first kappa shape index (κ1) is 21.9. The molecule has 3 aromatic rings. The van der Waals surface area contributed by atoms with Gasteiger partial charge in [0.25, 0.3) is 5.91 Å². The molecule has 4 rings (SSSR count). The maximum atomic E-state index is 12.8. The summed E-state index contributed by atoms with van der Waals surface area (Å²) in [7, 11) is 5.86. The van der Waals surface area contributed by atoms with Crippen molar-refractivity contribution in [2.24, 2.45) is 0 Å². The summed E-state index contributed by atoms with van der Waals surface area (Å²) in [4.78, 5) is 18.5. The molecule has 0 fully saturated rings. The Kier molecular flexibility index (Phi) is 6.19. The molecule has 2 N–H and O–H groups in total. The highest BCUT2D eigenvalue weighted by atomic mass is 16.5. The second kappa shape index (κ2) is 9.05. The lowest BCUT2D eigenvalue weighted by molar-refractivity contribution is -0.110. The number of nitrogens with one attached hydrogen (secondary N) is 2. The number of hydrogen-bond acceptors (Lipinski definition) is 3. The van der Waals surface area contributed by atoms with Crippen LogP contribution in [0.1, 0.15) is 34.5 Å². The van der Waals surface area contributed by atoms with Crippen molar-refractivity contribution < 1.29 is 9.53 Å². The van der Waals surface area contributed by atoms with E-state index in [-0.39, 0.29) is 5.91 Å². The largest absolute Gasteiger partial charge is 0.497 e. The first-order valence-corrected chi connectivity index (χ1v) is 11.0. The van der Waals surface area contributed by atoms with E-state index < -0.39 is 0 Å². The van der Waals surface area contributed by atoms with Crippen LogP contribution in [0.3, 0.4) is 0 Å². The van der Waals surface area contributed by atoms with Crippen molar-refractivity contribution in [3.63, 3.8) is 0 Å². The average Bonchev–Trinajstić information content (AvgIpc) is 3.23. The predicted octanol–water partition coefficient (Wildman–Crippen LogP) is 5.29. The summed E-state index contributed by atoms with van der Waals surface area (Å²) in [6.45, 7) is 5.32. The molecule has 5 nitrogen and oxygen atoms in total. The quantitative estimate of drug-likeness (QED) is 0.502. The summed E-state index contributed by atoms with van der Waals surface area (Å²) in [5, 5.41) is 3.04. The highest BCUT2D eigenvalue weighted by Gasteiger charge is 2.25. The van der Waals surface area contributed by atoms with Gasteiger partial charge in [-0.15, -0.1) is 0 Å². The zero-order valence-corrected chi connectivity index (χ0v) is 19.5. The van der Waals surface area contributed by atoms with Crippen LogP contribution in [0.15, 0.2) is 42.5 Å². The zero-order chi connectivity index (χ0) is 22.8. The van der Waals surface area contributed by atoms with E-state index in [4.69, 9.17) is 4.74 Å².